The first-order valence-electron chi connectivity index (χ1n) is 10.9. The minimum absolute atomic E-state index is 0.0701. The molecule has 0 aliphatic heterocycles. The SMILES string of the molecule is CCCCOc1cc(N=Nc2ccc(N=Nc3ccc(S(=O)(=O)O)cc3)cc2S(=O)(=O)O)c(C)cc1N. The van der Waals surface area contributed by atoms with Gasteiger partial charge in [0.15, 0.2) is 0 Å². The summed E-state index contributed by atoms with van der Waals surface area (Å²) in [5.74, 6) is 0.434. The Hall–Kier alpha value is -3.72. The van der Waals surface area contributed by atoms with Crippen LogP contribution in [-0.4, -0.2) is 32.5 Å². The summed E-state index contributed by atoms with van der Waals surface area (Å²) < 4.78 is 70.7. The molecular formula is C23H25N5O7S2. The minimum Gasteiger partial charge on any atom is -0.491 e. The van der Waals surface area contributed by atoms with Crippen molar-refractivity contribution in [3.63, 3.8) is 0 Å². The average Bonchev–Trinajstić information content (AvgIpc) is 2.83. The van der Waals surface area contributed by atoms with Crippen LogP contribution in [0.1, 0.15) is 25.3 Å². The monoisotopic (exact) mass is 547 g/mol. The molecule has 0 saturated heterocycles. The Labute approximate surface area is 214 Å². The first-order chi connectivity index (χ1) is 17.4. The molecule has 0 aliphatic carbocycles. The molecule has 3 rings (SSSR count). The van der Waals surface area contributed by atoms with Crippen molar-refractivity contribution >= 4 is 48.7 Å². The van der Waals surface area contributed by atoms with E-state index in [1.54, 1.807) is 19.1 Å². The molecule has 12 nitrogen and oxygen atoms in total. The van der Waals surface area contributed by atoms with Crippen molar-refractivity contribution < 1.29 is 30.7 Å². The van der Waals surface area contributed by atoms with Crippen LogP contribution in [0.3, 0.4) is 0 Å². The van der Waals surface area contributed by atoms with Crippen molar-refractivity contribution in [3.05, 3.63) is 60.2 Å². The van der Waals surface area contributed by atoms with Gasteiger partial charge in [-0.25, -0.2) is 0 Å². The number of ether oxygens (including phenoxy) is 1. The molecule has 0 radical (unpaired) electrons. The number of hydrogen-bond donors (Lipinski definition) is 3. The molecule has 4 N–H and O–H groups in total. The van der Waals surface area contributed by atoms with Gasteiger partial charge in [-0.15, -0.1) is 5.11 Å². The van der Waals surface area contributed by atoms with Crippen molar-refractivity contribution in [3.8, 4) is 5.75 Å². The molecule has 196 valence electrons. The van der Waals surface area contributed by atoms with E-state index in [4.69, 9.17) is 15.0 Å². The quantitative estimate of drug-likeness (QED) is 0.117. The van der Waals surface area contributed by atoms with Gasteiger partial charge in [0, 0.05) is 6.07 Å². The summed E-state index contributed by atoms with van der Waals surface area (Å²) in [6, 6.07) is 11.9. The topological polar surface area (TPSA) is 193 Å². The lowest BCUT2D eigenvalue weighted by atomic mass is 10.1. The van der Waals surface area contributed by atoms with Crippen molar-refractivity contribution in [2.24, 2.45) is 20.5 Å². The number of nitrogens with zero attached hydrogens (tertiary/aromatic N) is 4. The lowest BCUT2D eigenvalue weighted by molar-refractivity contribution is 0.311. The smallest absolute Gasteiger partial charge is 0.296 e. The van der Waals surface area contributed by atoms with E-state index in [2.05, 4.69) is 20.5 Å². The Morgan fingerprint density at radius 2 is 1.43 bits per heavy atom. The van der Waals surface area contributed by atoms with Gasteiger partial charge in [0.1, 0.15) is 16.3 Å². The third-order valence-electron chi connectivity index (χ3n) is 4.99. The van der Waals surface area contributed by atoms with Gasteiger partial charge < -0.3 is 10.5 Å². The number of nitrogen functional groups attached to an aromatic ring is 1. The predicted octanol–water partition coefficient (Wildman–Crippen LogP) is 6.08. The van der Waals surface area contributed by atoms with Gasteiger partial charge in [-0.3, -0.25) is 9.11 Å². The molecule has 0 heterocycles. The molecule has 14 heteroatoms. The Balaban J connectivity index is 1.89. The van der Waals surface area contributed by atoms with E-state index in [0.717, 1.165) is 31.0 Å². The van der Waals surface area contributed by atoms with Crippen LogP contribution in [0.2, 0.25) is 0 Å². The summed E-state index contributed by atoms with van der Waals surface area (Å²) in [5.41, 5.74) is 7.70. The molecule has 0 fully saturated rings. The molecule has 0 amide bonds. The summed E-state index contributed by atoms with van der Waals surface area (Å²) in [5, 5.41) is 15.9. The fraction of sp³-hybridized carbons (Fsp3) is 0.217. The third kappa shape index (κ3) is 7.63. The Kier molecular flexibility index (Phi) is 8.70. The number of nitrogens with two attached hydrogens (primary N) is 1. The number of azo groups is 2. The second-order valence-corrected chi connectivity index (χ2v) is 10.7. The summed E-state index contributed by atoms with van der Waals surface area (Å²) in [7, 11) is -9.05. The van der Waals surface area contributed by atoms with Gasteiger partial charge >= 0.3 is 0 Å². The van der Waals surface area contributed by atoms with Crippen molar-refractivity contribution in [1.29, 1.82) is 0 Å². The van der Waals surface area contributed by atoms with E-state index < -0.39 is 25.1 Å². The van der Waals surface area contributed by atoms with Crippen molar-refractivity contribution in [2.75, 3.05) is 12.3 Å². The first kappa shape index (κ1) is 27.9. The van der Waals surface area contributed by atoms with Crippen LogP contribution < -0.4 is 10.5 Å². The van der Waals surface area contributed by atoms with Crippen LogP contribution >= 0.6 is 0 Å². The third-order valence-corrected chi connectivity index (χ3v) is 6.74. The van der Waals surface area contributed by atoms with Gasteiger partial charge in [0.2, 0.25) is 0 Å². The second kappa shape index (κ2) is 11.6. The van der Waals surface area contributed by atoms with Crippen LogP contribution in [0.25, 0.3) is 0 Å². The Bertz CT molecular complexity index is 1550. The first-order valence-corrected chi connectivity index (χ1v) is 13.8. The van der Waals surface area contributed by atoms with Crippen molar-refractivity contribution in [2.45, 2.75) is 36.5 Å². The van der Waals surface area contributed by atoms with E-state index in [1.165, 1.54) is 24.3 Å². The lowest BCUT2D eigenvalue weighted by Gasteiger charge is -2.10. The highest BCUT2D eigenvalue weighted by Gasteiger charge is 2.17. The van der Waals surface area contributed by atoms with Crippen molar-refractivity contribution in [1.82, 2.24) is 0 Å². The van der Waals surface area contributed by atoms with E-state index in [0.29, 0.717) is 29.3 Å². The maximum absolute atomic E-state index is 12.0. The second-order valence-electron chi connectivity index (χ2n) is 7.87. The summed E-state index contributed by atoms with van der Waals surface area (Å²) in [6.45, 7) is 4.27. The number of aryl methyl sites for hydroxylation is 1. The molecule has 0 saturated carbocycles. The highest BCUT2D eigenvalue weighted by atomic mass is 32.2. The number of anilines is 1. The molecular weight excluding hydrogens is 522 g/mol. The van der Waals surface area contributed by atoms with Gasteiger partial charge in [-0.2, -0.15) is 32.2 Å². The van der Waals surface area contributed by atoms with E-state index in [-0.39, 0.29) is 22.0 Å². The highest BCUT2D eigenvalue weighted by molar-refractivity contribution is 7.86. The molecule has 0 aromatic heterocycles. The Morgan fingerprint density at radius 3 is 2.05 bits per heavy atom. The van der Waals surface area contributed by atoms with Gasteiger partial charge in [0.05, 0.1) is 34.3 Å². The molecule has 0 spiro atoms. The molecule has 0 aliphatic rings. The molecule has 0 atom stereocenters. The fourth-order valence-corrected chi connectivity index (χ4v) is 4.14. The Morgan fingerprint density at radius 1 is 0.811 bits per heavy atom. The zero-order valence-electron chi connectivity index (χ0n) is 19.9. The molecule has 3 aromatic rings. The van der Waals surface area contributed by atoms with Gasteiger partial charge in [-0.05, 0) is 67.4 Å². The molecule has 37 heavy (non-hydrogen) atoms. The van der Waals surface area contributed by atoms with Crippen LogP contribution in [-0.2, 0) is 20.2 Å². The summed E-state index contributed by atoms with van der Waals surface area (Å²) in [6.07, 6.45) is 1.80. The van der Waals surface area contributed by atoms with Gasteiger partial charge in [0.25, 0.3) is 20.2 Å². The summed E-state index contributed by atoms with van der Waals surface area (Å²) in [4.78, 5) is -0.854. The maximum Gasteiger partial charge on any atom is 0.296 e. The molecule has 3 aromatic carbocycles. The zero-order chi connectivity index (χ0) is 27.2. The largest absolute Gasteiger partial charge is 0.491 e. The zero-order valence-corrected chi connectivity index (χ0v) is 21.6. The number of unbranched alkanes of at least 4 members (excludes halogenated alkanes) is 1. The molecule has 0 bridgehead atoms. The standard InChI is InChI=1S/C23H25N5O7S2/c1-3-4-11-35-22-14-21(15(2)12-19(22)24)28-27-20-10-7-17(13-23(20)37(32,33)34)26-25-16-5-8-18(9-6-16)36(29,30)31/h5-10,12-14H,3-4,11,24H2,1-2H3,(H,29,30,31)(H,32,33,34). The lowest BCUT2D eigenvalue weighted by Crippen LogP contribution is -2.00. The maximum atomic E-state index is 12.0. The van der Waals surface area contributed by atoms with Gasteiger partial charge in [-0.1, -0.05) is 13.3 Å². The van der Waals surface area contributed by atoms with E-state index in [9.17, 15) is 21.4 Å². The van der Waals surface area contributed by atoms with E-state index in [1.807, 2.05) is 6.92 Å². The normalized spacial score (nSPS) is 12.4. The van der Waals surface area contributed by atoms with Crippen LogP contribution in [0.4, 0.5) is 28.4 Å². The van der Waals surface area contributed by atoms with Crippen LogP contribution in [0.5, 0.6) is 5.75 Å². The number of benzene rings is 3. The van der Waals surface area contributed by atoms with Crippen LogP contribution in [0.15, 0.2) is 84.8 Å². The van der Waals surface area contributed by atoms with E-state index >= 15 is 0 Å². The number of rotatable bonds is 10. The minimum atomic E-state index is -4.70. The average molecular weight is 548 g/mol. The van der Waals surface area contributed by atoms with Crippen LogP contribution in [0, 0.1) is 6.92 Å². The molecule has 0 unspecified atom stereocenters. The number of hydrogen-bond acceptors (Lipinski definition) is 10. The highest BCUT2D eigenvalue weighted by Crippen LogP contribution is 2.35. The fourth-order valence-electron chi connectivity index (χ4n) is 3.02. The summed E-state index contributed by atoms with van der Waals surface area (Å²) >= 11 is 0. The predicted molar refractivity (Wildman–Crippen MR) is 137 cm³/mol.